The molecule has 1 saturated heterocycles. The highest BCUT2D eigenvalue weighted by atomic mass is 16.4. The molecule has 0 atom stereocenters. The smallest absolute Gasteiger partial charge is 0.335 e. The number of aliphatic imine (C=N–C) groups is 1. The van der Waals surface area contributed by atoms with E-state index in [1.807, 2.05) is 24.3 Å². The number of carbonyl (C=O) groups is 1. The van der Waals surface area contributed by atoms with Gasteiger partial charge in [0.05, 0.1) is 5.56 Å². The van der Waals surface area contributed by atoms with E-state index in [0.717, 1.165) is 44.2 Å². The second kappa shape index (κ2) is 9.19. The van der Waals surface area contributed by atoms with Crippen LogP contribution in [0.5, 0.6) is 0 Å². The van der Waals surface area contributed by atoms with Crippen LogP contribution < -0.4 is 5.32 Å². The first-order valence-corrected chi connectivity index (χ1v) is 9.24. The monoisotopic (exact) mass is 366 g/mol. The lowest BCUT2D eigenvalue weighted by Gasteiger charge is -2.34. The first-order chi connectivity index (χ1) is 13.1. The lowest BCUT2D eigenvalue weighted by atomic mass is 10.2. The topological polar surface area (TPSA) is 68.2 Å². The first-order valence-electron chi connectivity index (χ1n) is 9.24. The molecule has 0 aliphatic carbocycles. The molecule has 27 heavy (non-hydrogen) atoms. The number of guanidine groups is 1. The van der Waals surface area contributed by atoms with Gasteiger partial charge in [0.2, 0.25) is 0 Å². The summed E-state index contributed by atoms with van der Waals surface area (Å²) in [7, 11) is 2.12. The molecule has 0 unspecified atom stereocenters. The minimum atomic E-state index is -0.930. The Kier molecular flexibility index (Phi) is 6.44. The van der Waals surface area contributed by atoms with E-state index >= 15 is 0 Å². The quantitative estimate of drug-likeness (QED) is 0.629. The molecule has 142 valence electrons. The lowest BCUT2D eigenvalue weighted by molar-refractivity contribution is 0.0697. The van der Waals surface area contributed by atoms with E-state index in [4.69, 9.17) is 4.99 Å². The molecule has 6 heteroatoms. The highest BCUT2D eigenvalue weighted by molar-refractivity contribution is 5.95. The predicted octanol–water partition coefficient (Wildman–Crippen LogP) is 2.64. The van der Waals surface area contributed by atoms with Crippen LogP contribution in [0.15, 0.2) is 59.6 Å². The molecule has 1 heterocycles. The van der Waals surface area contributed by atoms with Gasteiger partial charge in [-0.25, -0.2) is 4.79 Å². The lowest BCUT2D eigenvalue weighted by Crippen LogP contribution is -2.49. The van der Waals surface area contributed by atoms with E-state index < -0.39 is 5.97 Å². The SMILES string of the molecule is CN1CCN(C(=NCCc2ccccc2)Nc2cccc(C(=O)O)c2)CC1. The summed E-state index contributed by atoms with van der Waals surface area (Å²) in [5, 5.41) is 12.6. The number of nitrogens with one attached hydrogen (secondary N) is 1. The van der Waals surface area contributed by atoms with Crippen molar-refractivity contribution in [2.45, 2.75) is 6.42 Å². The van der Waals surface area contributed by atoms with Gasteiger partial charge < -0.3 is 20.2 Å². The van der Waals surface area contributed by atoms with Gasteiger partial charge >= 0.3 is 5.97 Å². The number of anilines is 1. The van der Waals surface area contributed by atoms with Crippen LogP contribution in [0, 0.1) is 0 Å². The second-order valence-corrected chi connectivity index (χ2v) is 6.74. The van der Waals surface area contributed by atoms with Crippen LogP contribution in [0.2, 0.25) is 0 Å². The fraction of sp³-hybridized carbons (Fsp3) is 0.333. The van der Waals surface area contributed by atoms with Crippen molar-refractivity contribution in [3.05, 3.63) is 65.7 Å². The zero-order valence-corrected chi connectivity index (χ0v) is 15.6. The van der Waals surface area contributed by atoms with Gasteiger partial charge in [-0.2, -0.15) is 0 Å². The van der Waals surface area contributed by atoms with Crippen LogP contribution in [-0.2, 0) is 6.42 Å². The second-order valence-electron chi connectivity index (χ2n) is 6.74. The van der Waals surface area contributed by atoms with Crippen molar-refractivity contribution in [3.63, 3.8) is 0 Å². The Hall–Kier alpha value is -2.86. The van der Waals surface area contributed by atoms with E-state index in [9.17, 15) is 9.90 Å². The van der Waals surface area contributed by atoms with Crippen LogP contribution in [0.3, 0.4) is 0 Å². The molecule has 1 aliphatic rings. The molecule has 2 aromatic rings. The molecule has 0 aromatic heterocycles. The fourth-order valence-electron chi connectivity index (χ4n) is 3.03. The van der Waals surface area contributed by atoms with E-state index in [2.05, 4.69) is 34.3 Å². The molecule has 2 aromatic carbocycles. The number of hydrogen-bond acceptors (Lipinski definition) is 3. The molecule has 0 saturated carbocycles. The minimum absolute atomic E-state index is 0.266. The Labute approximate surface area is 160 Å². The minimum Gasteiger partial charge on any atom is -0.478 e. The van der Waals surface area contributed by atoms with Crippen LogP contribution >= 0.6 is 0 Å². The maximum absolute atomic E-state index is 11.2. The number of carboxylic acid groups (broad SMARTS) is 1. The average molecular weight is 366 g/mol. The molecule has 3 rings (SSSR count). The van der Waals surface area contributed by atoms with Gasteiger partial charge in [0.25, 0.3) is 0 Å². The number of hydrogen-bond donors (Lipinski definition) is 2. The van der Waals surface area contributed by atoms with Crippen molar-refractivity contribution in [1.82, 2.24) is 9.80 Å². The number of benzene rings is 2. The summed E-state index contributed by atoms with van der Waals surface area (Å²) in [4.78, 5) is 20.6. The molecule has 6 nitrogen and oxygen atoms in total. The Balaban J connectivity index is 1.73. The summed E-state index contributed by atoms with van der Waals surface area (Å²) in [5.41, 5.74) is 2.26. The van der Waals surface area contributed by atoms with Gasteiger partial charge in [0.15, 0.2) is 5.96 Å². The van der Waals surface area contributed by atoms with Crippen molar-refractivity contribution in [2.75, 3.05) is 45.1 Å². The van der Waals surface area contributed by atoms with Gasteiger partial charge in [0.1, 0.15) is 0 Å². The summed E-state index contributed by atoms with van der Waals surface area (Å²) in [6, 6.07) is 17.2. The van der Waals surface area contributed by atoms with Crippen LogP contribution in [0.25, 0.3) is 0 Å². The van der Waals surface area contributed by atoms with Crippen LogP contribution in [-0.4, -0.2) is 66.6 Å². The molecular formula is C21H26N4O2. The maximum Gasteiger partial charge on any atom is 0.335 e. The van der Waals surface area contributed by atoms with Crippen molar-refractivity contribution >= 4 is 17.6 Å². The normalized spacial score (nSPS) is 15.6. The third-order valence-electron chi connectivity index (χ3n) is 4.67. The molecule has 0 radical (unpaired) electrons. The molecule has 0 amide bonds. The van der Waals surface area contributed by atoms with Gasteiger partial charge in [-0.05, 0) is 37.2 Å². The standard InChI is InChI=1S/C21H26N4O2/c1-24-12-14-25(15-13-24)21(22-11-10-17-6-3-2-4-7-17)23-19-9-5-8-18(16-19)20(26)27/h2-9,16H,10-15H2,1H3,(H,22,23)(H,26,27). The summed E-state index contributed by atoms with van der Waals surface area (Å²) in [5.74, 6) is -0.123. The summed E-state index contributed by atoms with van der Waals surface area (Å²) in [6.45, 7) is 4.43. The van der Waals surface area contributed by atoms with Crippen molar-refractivity contribution in [1.29, 1.82) is 0 Å². The Morgan fingerprint density at radius 3 is 2.52 bits per heavy atom. The maximum atomic E-state index is 11.2. The summed E-state index contributed by atoms with van der Waals surface area (Å²) < 4.78 is 0. The number of piperazine rings is 1. The van der Waals surface area contributed by atoms with E-state index in [0.29, 0.717) is 6.54 Å². The fourth-order valence-corrected chi connectivity index (χ4v) is 3.03. The molecule has 2 N–H and O–H groups in total. The van der Waals surface area contributed by atoms with Crippen molar-refractivity contribution < 1.29 is 9.90 Å². The number of aromatic carboxylic acids is 1. The summed E-state index contributed by atoms with van der Waals surface area (Å²) in [6.07, 6.45) is 0.870. The van der Waals surface area contributed by atoms with Crippen LogP contribution in [0.1, 0.15) is 15.9 Å². The Morgan fingerprint density at radius 2 is 1.81 bits per heavy atom. The number of nitrogens with zero attached hydrogens (tertiary/aromatic N) is 3. The van der Waals surface area contributed by atoms with E-state index in [-0.39, 0.29) is 5.56 Å². The first kappa shape index (κ1) is 18.9. The predicted molar refractivity (Wildman–Crippen MR) is 109 cm³/mol. The van der Waals surface area contributed by atoms with E-state index in [1.54, 1.807) is 18.2 Å². The number of carboxylic acids is 1. The van der Waals surface area contributed by atoms with Gasteiger partial charge in [-0.3, -0.25) is 4.99 Å². The zero-order chi connectivity index (χ0) is 19.1. The average Bonchev–Trinajstić information content (AvgIpc) is 2.69. The van der Waals surface area contributed by atoms with Gasteiger partial charge in [-0.15, -0.1) is 0 Å². The molecule has 1 aliphatic heterocycles. The summed E-state index contributed by atoms with van der Waals surface area (Å²) >= 11 is 0. The number of rotatable bonds is 5. The van der Waals surface area contributed by atoms with Crippen molar-refractivity contribution in [3.8, 4) is 0 Å². The van der Waals surface area contributed by atoms with Gasteiger partial charge in [0, 0.05) is 38.4 Å². The largest absolute Gasteiger partial charge is 0.478 e. The van der Waals surface area contributed by atoms with E-state index in [1.165, 1.54) is 5.56 Å². The highest BCUT2D eigenvalue weighted by Crippen LogP contribution is 2.13. The third-order valence-corrected chi connectivity index (χ3v) is 4.67. The van der Waals surface area contributed by atoms with Crippen molar-refractivity contribution in [2.24, 2.45) is 4.99 Å². The number of likely N-dealkylation sites (N-methyl/N-ethyl adjacent to an activating group) is 1. The zero-order valence-electron chi connectivity index (χ0n) is 15.6. The molecular weight excluding hydrogens is 340 g/mol. The van der Waals surface area contributed by atoms with Crippen LogP contribution in [0.4, 0.5) is 5.69 Å². The molecule has 0 spiro atoms. The highest BCUT2D eigenvalue weighted by Gasteiger charge is 2.18. The molecule has 0 bridgehead atoms. The molecule has 1 fully saturated rings. The third kappa shape index (κ3) is 5.56. The van der Waals surface area contributed by atoms with Gasteiger partial charge in [-0.1, -0.05) is 36.4 Å². The Morgan fingerprint density at radius 1 is 1.07 bits per heavy atom. The Bertz CT molecular complexity index is 784.